The Hall–Kier alpha value is -2.42. The van der Waals surface area contributed by atoms with Crippen LogP contribution in [0, 0.1) is 6.92 Å². The minimum atomic E-state index is 0.0763. The largest absolute Gasteiger partial charge is 0.354 e. The third-order valence-corrected chi connectivity index (χ3v) is 4.50. The van der Waals surface area contributed by atoms with Crippen molar-refractivity contribution in [3.8, 4) is 0 Å². The van der Waals surface area contributed by atoms with E-state index in [2.05, 4.69) is 4.98 Å². The van der Waals surface area contributed by atoms with Gasteiger partial charge in [0.15, 0.2) is 11.6 Å². The van der Waals surface area contributed by atoms with Crippen LogP contribution in [0.3, 0.4) is 0 Å². The van der Waals surface area contributed by atoms with Gasteiger partial charge < -0.3 is 4.98 Å². The van der Waals surface area contributed by atoms with E-state index in [4.69, 9.17) is 0 Å². The van der Waals surface area contributed by atoms with E-state index in [-0.39, 0.29) is 11.6 Å². The maximum absolute atomic E-state index is 11.9. The lowest BCUT2D eigenvalue weighted by molar-refractivity contribution is 0.0991. The number of carbonyl (C=O) groups excluding carboxylic acids is 2. The summed E-state index contributed by atoms with van der Waals surface area (Å²) in [4.78, 5) is 27.1. The molecule has 1 aromatic heterocycles. The molecule has 0 radical (unpaired) electrons. The fraction of sp³-hybridized carbons (Fsp3) is 0.222. The Kier molecular flexibility index (Phi) is 2.37. The van der Waals surface area contributed by atoms with Crippen LogP contribution in [0.25, 0.3) is 21.8 Å². The zero-order chi connectivity index (χ0) is 14.7. The van der Waals surface area contributed by atoms with E-state index in [1.807, 2.05) is 31.2 Å². The summed E-state index contributed by atoms with van der Waals surface area (Å²) in [7, 11) is 0. The zero-order valence-corrected chi connectivity index (χ0v) is 12.0. The molecule has 0 saturated carbocycles. The number of carbonyl (C=O) groups is 2. The van der Waals surface area contributed by atoms with Crippen LogP contribution in [-0.4, -0.2) is 16.6 Å². The highest BCUT2D eigenvalue weighted by Gasteiger charge is 2.23. The van der Waals surface area contributed by atoms with Crippen molar-refractivity contribution in [2.75, 3.05) is 0 Å². The van der Waals surface area contributed by atoms with Crippen molar-refractivity contribution >= 4 is 33.4 Å². The number of hydrogen-bond donors (Lipinski definition) is 1. The zero-order valence-electron chi connectivity index (χ0n) is 12.0. The molecule has 1 aliphatic carbocycles. The van der Waals surface area contributed by atoms with Gasteiger partial charge in [-0.1, -0.05) is 0 Å². The first-order valence-corrected chi connectivity index (χ1v) is 7.18. The molecule has 0 saturated heterocycles. The molecule has 0 spiro atoms. The molecule has 104 valence electrons. The van der Waals surface area contributed by atoms with Gasteiger partial charge in [0.05, 0.1) is 0 Å². The van der Waals surface area contributed by atoms with E-state index < -0.39 is 0 Å². The quantitative estimate of drug-likeness (QED) is 0.684. The topological polar surface area (TPSA) is 49.9 Å². The molecule has 0 fully saturated rings. The minimum Gasteiger partial charge on any atom is -0.354 e. The monoisotopic (exact) mass is 277 g/mol. The van der Waals surface area contributed by atoms with Crippen molar-refractivity contribution < 1.29 is 9.59 Å². The third kappa shape index (κ3) is 1.60. The Bertz CT molecular complexity index is 947. The molecule has 0 atom stereocenters. The summed E-state index contributed by atoms with van der Waals surface area (Å²) in [5.74, 6) is 0.299. The van der Waals surface area contributed by atoms with Crippen molar-refractivity contribution in [1.29, 1.82) is 0 Å². The van der Waals surface area contributed by atoms with Crippen LogP contribution < -0.4 is 0 Å². The molecule has 21 heavy (non-hydrogen) atoms. The summed E-state index contributed by atoms with van der Waals surface area (Å²) in [6.45, 7) is 3.55. The van der Waals surface area contributed by atoms with E-state index in [1.165, 1.54) is 0 Å². The van der Waals surface area contributed by atoms with E-state index >= 15 is 0 Å². The lowest BCUT2D eigenvalue weighted by atomic mass is 9.98. The molecule has 3 nitrogen and oxygen atoms in total. The Labute approximate surface area is 122 Å². The minimum absolute atomic E-state index is 0.0763. The van der Waals surface area contributed by atoms with Crippen molar-refractivity contribution in [3.63, 3.8) is 0 Å². The van der Waals surface area contributed by atoms with E-state index in [1.54, 1.807) is 6.92 Å². The van der Waals surface area contributed by atoms with Gasteiger partial charge in [0, 0.05) is 39.4 Å². The Morgan fingerprint density at radius 3 is 2.71 bits per heavy atom. The highest BCUT2D eigenvalue weighted by molar-refractivity contribution is 6.16. The molecule has 1 heterocycles. The van der Waals surface area contributed by atoms with Crippen LogP contribution in [0.15, 0.2) is 24.3 Å². The number of hydrogen-bond acceptors (Lipinski definition) is 2. The molecular weight excluding hydrogens is 262 g/mol. The van der Waals surface area contributed by atoms with Crippen LogP contribution in [0.5, 0.6) is 0 Å². The summed E-state index contributed by atoms with van der Waals surface area (Å²) < 4.78 is 0. The van der Waals surface area contributed by atoms with Gasteiger partial charge in [0.1, 0.15) is 0 Å². The first kappa shape index (κ1) is 12.3. The number of aryl methyl sites for hydroxylation is 2. The molecule has 4 rings (SSSR count). The predicted octanol–water partition coefficient (Wildman–Crippen LogP) is 3.96. The van der Waals surface area contributed by atoms with Gasteiger partial charge in [-0.05, 0) is 55.7 Å². The van der Waals surface area contributed by atoms with Crippen molar-refractivity contribution in [1.82, 2.24) is 4.98 Å². The molecule has 2 aromatic carbocycles. The van der Waals surface area contributed by atoms with Crippen LogP contribution in [0.4, 0.5) is 0 Å². The molecule has 0 unspecified atom stereocenters. The fourth-order valence-corrected chi connectivity index (χ4v) is 3.50. The Morgan fingerprint density at radius 2 is 1.95 bits per heavy atom. The highest BCUT2D eigenvalue weighted by atomic mass is 16.1. The van der Waals surface area contributed by atoms with Crippen LogP contribution >= 0.6 is 0 Å². The number of Topliss-reactive ketones (excluding diaryl/α,β-unsaturated/α-hetero) is 2. The fourth-order valence-electron chi connectivity index (χ4n) is 3.50. The molecular formula is C18H15NO2. The number of rotatable bonds is 1. The van der Waals surface area contributed by atoms with Gasteiger partial charge in [-0.3, -0.25) is 9.59 Å². The van der Waals surface area contributed by atoms with Crippen molar-refractivity contribution in [2.45, 2.75) is 26.7 Å². The first-order chi connectivity index (χ1) is 10.1. The summed E-state index contributed by atoms with van der Waals surface area (Å²) in [5.41, 5.74) is 5.77. The van der Waals surface area contributed by atoms with Gasteiger partial charge in [-0.15, -0.1) is 0 Å². The number of H-pyrrole nitrogens is 1. The van der Waals surface area contributed by atoms with Gasteiger partial charge in [-0.25, -0.2) is 0 Å². The lowest BCUT2D eigenvalue weighted by Gasteiger charge is -2.04. The second-order valence-electron chi connectivity index (χ2n) is 5.83. The van der Waals surface area contributed by atoms with Gasteiger partial charge in [-0.2, -0.15) is 0 Å². The lowest BCUT2D eigenvalue weighted by Crippen LogP contribution is -1.95. The molecule has 0 amide bonds. The van der Waals surface area contributed by atoms with E-state index in [9.17, 15) is 9.59 Å². The second-order valence-corrected chi connectivity index (χ2v) is 5.83. The van der Waals surface area contributed by atoms with Gasteiger partial charge in [0.2, 0.25) is 0 Å². The average Bonchev–Trinajstić information content (AvgIpc) is 2.97. The van der Waals surface area contributed by atoms with Crippen molar-refractivity contribution in [3.05, 3.63) is 46.5 Å². The average molecular weight is 277 g/mol. The number of aromatic amines is 1. The number of ketones is 2. The number of fused-ring (bicyclic) bond motifs is 5. The summed E-state index contributed by atoms with van der Waals surface area (Å²) in [6.07, 6.45) is 1.38. The molecule has 0 aliphatic heterocycles. The maximum atomic E-state index is 11.9. The van der Waals surface area contributed by atoms with Crippen LogP contribution in [-0.2, 0) is 6.42 Å². The summed E-state index contributed by atoms with van der Waals surface area (Å²) >= 11 is 0. The second kappa shape index (κ2) is 4.04. The van der Waals surface area contributed by atoms with Gasteiger partial charge in [0.25, 0.3) is 0 Å². The highest BCUT2D eigenvalue weighted by Crippen LogP contribution is 2.36. The number of aromatic nitrogens is 1. The standard InChI is InChI=1S/C18H15NO2/c1-9-7-16-14(8-13(9)10(2)20)18-12-4-6-17(21)11(12)3-5-15(18)19-16/h3,5,7-8,19H,4,6H2,1-2H3. The third-order valence-electron chi connectivity index (χ3n) is 4.50. The van der Waals surface area contributed by atoms with Crippen LogP contribution in [0.2, 0.25) is 0 Å². The predicted molar refractivity (Wildman–Crippen MR) is 83.2 cm³/mol. The van der Waals surface area contributed by atoms with Crippen molar-refractivity contribution in [2.24, 2.45) is 0 Å². The Balaban J connectivity index is 2.17. The Morgan fingerprint density at radius 1 is 1.14 bits per heavy atom. The SMILES string of the molecule is CC(=O)c1cc2c(cc1C)[nH]c1ccc3c(c12)CCC3=O. The summed E-state index contributed by atoms with van der Waals surface area (Å²) in [6, 6.07) is 7.88. The molecule has 3 heteroatoms. The first-order valence-electron chi connectivity index (χ1n) is 7.18. The molecule has 3 aromatic rings. The van der Waals surface area contributed by atoms with E-state index in [0.29, 0.717) is 6.42 Å². The number of nitrogens with one attached hydrogen (secondary N) is 1. The van der Waals surface area contributed by atoms with E-state index in [0.717, 1.165) is 50.5 Å². The van der Waals surface area contributed by atoms with Gasteiger partial charge >= 0.3 is 0 Å². The smallest absolute Gasteiger partial charge is 0.163 e. The molecule has 1 N–H and O–H groups in total. The number of benzene rings is 2. The van der Waals surface area contributed by atoms with Crippen LogP contribution in [0.1, 0.15) is 45.2 Å². The normalized spacial score (nSPS) is 14.1. The molecule has 0 bridgehead atoms. The molecule has 1 aliphatic rings. The summed E-state index contributed by atoms with van der Waals surface area (Å²) in [5, 5.41) is 2.16. The maximum Gasteiger partial charge on any atom is 0.163 e.